The van der Waals surface area contributed by atoms with Gasteiger partial charge >= 0.3 is 34.3 Å². The molecule has 0 N–H and O–H groups in total. The summed E-state index contributed by atoms with van der Waals surface area (Å²) in [7, 11) is 0. The zero-order chi connectivity index (χ0) is 3.58. The molecule has 0 unspecified atom stereocenters. The third-order valence-electron chi connectivity index (χ3n) is 0. The SMILES string of the molecule is C[C](C)=[Ge]. The van der Waals surface area contributed by atoms with Crippen LogP contribution in [0.4, 0.5) is 0 Å². The van der Waals surface area contributed by atoms with Crippen LogP contribution in [-0.4, -0.2) is 20.4 Å². The summed E-state index contributed by atoms with van der Waals surface area (Å²) in [6.45, 7) is 4.17. The zero-order valence-corrected chi connectivity index (χ0v) is 5.10. The molecule has 0 amide bonds. The summed E-state index contributed by atoms with van der Waals surface area (Å²) >= 11 is 2.08. The minimum absolute atomic E-state index is 1.42. The summed E-state index contributed by atoms with van der Waals surface area (Å²) in [5.41, 5.74) is 0. The predicted molar refractivity (Wildman–Crippen MR) is 22.1 cm³/mol. The van der Waals surface area contributed by atoms with Crippen molar-refractivity contribution in [2.45, 2.75) is 13.8 Å². The minimum atomic E-state index is 1.42. The third-order valence-corrected chi connectivity index (χ3v) is 0. The van der Waals surface area contributed by atoms with Gasteiger partial charge in [-0.15, -0.1) is 0 Å². The monoisotopic (exact) mass is 116 g/mol. The van der Waals surface area contributed by atoms with Crippen molar-refractivity contribution in [2.75, 3.05) is 0 Å². The maximum absolute atomic E-state index is 2.08. The first-order valence-corrected chi connectivity index (χ1v) is 2.30. The molecule has 1 heteroatoms. The molecule has 0 nitrogen and oxygen atoms in total. The van der Waals surface area contributed by atoms with Crippen molar-refractivity contribution in [3.05, 3.63) is 0 Å². The molecule has 22 valence electrons. The van der Waals surface area contributed by atoms with Gasteiger partial charge < -0.3 is 0 Å². The standard InChI is InChI=1S/C3H6Ge/c1-3(2)4/h1-2H3. The second-order valence-corrected chi connectivity index (χ2v) is 3.10. The molecule has 4 heavy (non-hydrogen) atoms. The normalized spacial score (nSPS) is 6.50. The van der Waals surface area contributed by atoms with Gasteiger partial charge in [-0.3, -0.25) is 0 Å². The molecule has 0 aliphatic heterocycles. The van der Waals surface area contributed by atoms with Crippen molar-refractivity contribution < 1.29 is 0 Å². The molecule has 2 radical (unpaired) electrons. The van der Waals surface area contributed by atoms with E-state index in [9.17, 15) is 0 Å². The Bertz CT molecular complexity index is 26.3. The van der Waals surface area contributed by atoms with E-state index in [1.807, 2.05) is 0 Å². The molecule has 0 aliphatic rings. The molecular weight excluding hydrogens is 109 g/mol. The Morgan fingerprint density at radius 3 is 1.50 bits per heavy atom. The van der Waals surface area contributed by atoms with Crippen molar-refractivity contribution in [3.63, 3.8) is 0 Å². The van der Waals surface area contributed by atoms with Crippen LogP contribution in [0.25, 0.3) is 0 Å². The van der Waals surface area contributed by atoms with Crippen LogP contribution in [0.1, 0.15) is 13.8 Å². The van der Waals surface area contributed by atoms with Gasteiger partial charge in [0, 0.05) is 0 Å². The predicted octanol–water partition coefficient (Wildman–Crippen LogP) is 0.367. The fourth-order valence-corrected chi connectivity index (χ4v) is 0. The Morgan fingerprint density at radius 2 is 1.50 bits per heavy atom. The summed E-state index contributed by atoms with van der Waals surface area (Å²) in [5.74, 6) is 0. The Labute approximate surface area is 35.0 Å². The van der Waals surface area contributed by atoms with E-state index in [0.29, 0.717) is 0 Å². The maximum atomic E-state index is 2.08. The second kappa shape index (κ2) is 1.71. The average Bonchev–Trinajstić information content (AvgIpc) is 0.811. The first kappa shape index (κ1) is 4.41. The summed E-state index contributed by atoms with van der Waals surface area (Å²) in [5, 5.41) is 0. The van der Waals surface area contributed by atoms with E-state index in [4.69, 9.17) is 0 Å². The Hall–Kier alpha value is 0.413. The Balaban J connectivity index is 2.80. The van der Waals surface area contributed by atoms with E-state index in [1.54, 1.807) is 0 Å². The van der Waals surface area contributed by atoms with E-state index in [2.05, 4.69) is 29.9 Å². The van der Waals surface area contributed by atoms with Gasteiger partial charge in [0.25, 0.3) is 0 Å². The quantitative estimate of drug-likeness (QED) is 0.400. The third kappa shape index (κ3) is 28.3. The Kier molecular flexibility index (Phi) is 1.88. The zero-order valence-electron chi connectivity index (χ0n) is 3.00. The first-order valence-electron chi connectivity index (χ1n) is 1.25. The van der Waals surface area contributed by atoms with E-state index in [0.717, 1.165) is 0 Å². The number of hydrogen-bond donors (Lipinski definition) is 0. The molecule has 0 saturated heterocycles. The number of hydrogen-bond acceptors (Lipinski definition) is 0. The van der Waals surface area contributed by atoms with Gasteiger partial charge in [0.15, 0.2) is 0 Å². The van der Waals surface area contributed by atoms with E-state index >= 15 is 0 Å². The molecule has 0 fully saturated rings. The first-order chi connectivity index (χ1) is 1.73. The van der Waals surface area contributed by atoms with Gasteiger partial charge in [-0.1, -0.05) is 0 Å². The molecule has 0 saturated carbocycles. The molecule has 0 rings (SSSR count). The van der Waals surface area contributed by atoms with Gasteiger partial charge in [-0.2, -0.15) is 0 Å². The van der Waals surface area contributed by atoms with Crippen LogP contribution in [0.5, 0.6) is 0 Å². The summed E-state index contributed by atoms with van der Waals surface area (Å²) in [4.78, 5) is 0. The topological polar surface area (TPSA) is 0 Å². The summed E-state index contributed by atoms with van der Waals surface area (Å²) < 4.78 is 1.42. The van der Waals surface area contributed by atoms with Gasteiger partial charge in [-0.05, 0) is 0 Å². The fourth-order valence-electron chi connectivity index (χ4n) is 0. The van der Waals surface area contributed by atoms with Gasteiger partial charge in [0.05, 0.1) is 0 Å². The van der Waals surface area contributed by atoms with Crippen molar-refractivity contribution in [3.8, 4) is 0 Å². The van der Waals surface area contributed by atoms with Gasteiger partial charge in [0.1, 0.15) is 0 Å². The molecule has 0 spiro atoms. The molecule has 0 bridgehead atoms. The van der Waals surface area contributed by atoms with Crippen LogP contribution in [-0.2, 0) is 0 Å². The van der Waals surface area contributed by atoms with Crippen LogP contribution in [0, 0.1) is 0 Å². The van der Waals surface area contributed by atoms with Crippen molar-refractivity contribution in [1.82, 2.24) is 0 Å². The van der Waals surface area contributed by atoms with Crippen LogP contribution >= 0.6 is 0 Å². The molecule has 0 aliphatic carbocycles. The molecular formula is C3H6Ge. The second-order valence-electron chi connectivity index (χ2n) is 1.00. The molecule has 0 atom stereocenters. The van der Waals surface area contributed by atoms with Gasteiger partial charge in [-0.25, -0.2) is 0 Å². The average molecular weight is 115 g/mol. The van der Waals surface area contributed by atoms with Crippen molar-refractivity contribution in [2.24, 2.45) is 0 Å². The molecule has 0 aromatic heterocycles. The van der Waals surface area contributed by atoms with Crippen molar-refractivity contribution in [1.29, 1.82) is 0 Å². The van der Waals surface area contributed by atoms with Crippen molar-refractivity contribution >= 4 is 20.4 Å². The fraction of sp³-hybridized carbons (Fsp3) is 0.667. The van der Waals surface area contributed by atoms with E-state index in [1.165, 1.54) is 4.35 Å². The van der Waals surface area contributed by atoms with Crippen LogP contribution in [0.3, 0.4) is 0 Å². The van der Waals surface area contributed by atoms with E-state index < -0.39 is 0 Å². The molecule has 0 aromatic carbocycles. The summed E-state index contributed by atoms with van der Waals surface area (Å²) in [6.07, 6.45) is 0. The van der Waals surface area contributed by atoms with Gasteiger partial charge in [0.2, 0.25) is 0 Å². The van der Waals surface area contributed by atoms with Crippen LogP contribution < -0.4 is 0 Å². The van der Waals surface area contributed by atoms with Crippen LogP contribution in [0.2, 0.25) is 0 Å². The summed E-state index contributed by atoms with van der Waals surface area (Å²) in [6, 6.07) is 0. The van der Waals surface area contributed by atoms with E-state index in [-0.39, 0.29) is 0 Å². The Morgan fingerprint density at radius 1 is 1.50 bits per heavy atom. The molecule has 0 heterocycles. The van der Waals surface area contributed by atoms with Crippen LogP contribution in [0.15, 0.2) is 0 Å². The molecule has 0 aromatic rings. The number of rotatable bonds is 0.